The molecule has 0 bridgehead atoms. The summed E-state index contributed by atoms with van der Waals surface area (Å²) in [5, 5.41) is 11.8. The van der Waals surface area contributed by atoms with E-state index in [9.17, 15) is 4.79 Å². The number of aromatic nitrogens is 1. The molecule has 1 rings (SSSR count). The highest BCUT2D eigenvalue weighted by Gasteiger charge is 2.19. The smallest absolute Gasteiger partial charge is 0.339 e. The van der Waals surface area contributed by atoms with Gasteiger partial charge in [0.25, 0.3) is 0 Å². The standard InChI is InChI=1S/C10H14N2O3/c1-5-8(10(13)15-4)6(2)11-9(5)7(3)12-14/h11,14H,1-4H3/b12-7+. The molecule has 1 heterocycles. The lowest BCUT2D eigenvalue weighted by molar-refractivity contribution is 0.0599. The number of esters is 1. The van der Waals surface area contributed by atoms with Crippen LogP contribution in [0.1, 0.15) is 34.2 Å². The van der Waals surface area contributed by atoms with E-state index in [1.165, 1.54) is 7.11 Å². The molecule has 0 fully saturated rings. The largest absolute Gasteiger partial charge is 0.465 e. The molecule has 1 aromatic heterocycles. The number of nitrogens with one attached hydrogen (secondary N) is 1. The van der Waals surface area contributed by atoms with Gasteiger partial charge in [0.2, 0.25) is 0 Å². The van der Waals surface area contributed by atoms with Crippen molar-refractivity contribution in [3.05, 3.63) is 22.5 Å². The van der Waals surface area contributed by atoms with Crippen LogP contribution in [-0.4, -0.2) is 29.0 Å². The van der Waals surface area contributed by atoms with Crippen LogP contribution in [0.2, 0.25) is 0 Å². The molecule has 15 heavy (non-hydrogen) atoms. The van der Waals surface area contributed by atoms with Gasteiger partial charge in [-0.15, -0.1) is 0 Å². The van der Waals surface area contributed by atoms with Gasteiger partial charge in [-0.05, 0) is 26.3 Å². The Morgan fingerprint density at radius 2 is 2.07 bits per heavy atom. The number of hydrogen-bond donors (Lipinski definition) is 2. The predicted octanol–water partition coefficient (Wildman–Crippen LogP) is 1.62. The van der Waals surface area contributed by atoms with Gasteiger partial charge in [0, 0.05) is 5.69 Å². The number of aryl methyl sites for hydroxylation is 1. The molecule has 0 aliphatic heterocycles. The molecule has 2 N–H and O–H groups in total. The van der Waals surface area contributed by atoms with Crippen molar-refractivity contribution < 1.29 is 14.7 Å². The minimum absolute atomic E-state index is 0.391. The normalized spacial score (nSPS) is 11.6. The van der Waals surface area contributed by atoms with Gasteiger partial charge in [0.05, 0.1) is 18.4 Å². The van der Waals surface area contributed by atoms with Crippen LogP contribution in [-0.2, 0) is 4.74 Å². The number of carbonyl (C=O) groups excluding carboxylic acids is 1. The molecule has 5 heteroatoms. The van der Waals surface area contributed by atoms with E-state index in [4.69, 9.17) is 5.21 Å². The Morgan fingerprint density at radius 3 is 2.53 bits per heavy atom. The Labute approximate surface area is 87.7 Å². The summed E-state index contributed by atoms with van der Waals surface area (Å²) in [7, 11) is 1.33. The van der Waals surface area contributed by atoms with Crippen molar-refractivity contribution in [2.24, 2.45) is 5.16 Å². The van der Waals surface area contributed by atoms with Gasteiger partial charge in [0.1, 0.15) is 5.71 Å². The molecule has 0 spiro atoms. The highest BCUT2D eigenvalue weighted by Crippen LogP contribution is 2.19. The molecule has 0 unspecified atom stereocenters. The van der Waals surface area contributed by atoms with E-state index < -0.39 is 5.97 Å². The summed E-state index contributed by atoms with van der Waals surface area (Å²) < 4.78 is 4.66. The highest BCUT2D eigenvalue weighted by atomic mass is 16.5. The number of methoxy groups -OCH3 is 1. The summed E-state index contributed by atoms with van der Waals surface area (Å²) in [6.07, 6.45) is 0. The molecule has 82 valence electrons. The zero-order valence-electron chi connectivity index (χ0n) is 9.21. The van der Waals surface area contributed by atoms with Crippen molar-refractivity contribution in [2.75, 3.05) is 7.11 Å². The topological polar surface area (TPSA) is 74.7 Å². The number of nitrogens with zero attached hydrogens (tertiary/aromatic N) is 1. The number of carbonyl (C=O) groups is 1. The third-order valence-electron chi connectivity index (χ3n) is 2.34. The average Bonchev–Trinajstić information content (AvgIpc) is 2.52. The van der Waals surface area contributed by atoms with Gasteiger partial charge in [-0.2, -0.15) is 0 Å². The van der Waals surface area contributed by atoms with Gasteiger partial charge in [-0.1, -0.05) is 5.16 Å². The van der Waals surface area contributed by atoms with E-state index in [1.54, 1.807) is 20.8 Å². The van der Waals surface area contributed by atoms with Gasteiger partial charge < -0.3 is 14.9 Å². The lowest BCUT2D eigenvalue weighted by Gasteiger charge is -1.99. The summed E-state index contributed by atoms with van der Waals surface area (Å²) in [6, 6.07) is 0. The Kier molecular flexibility index (Phi) is 3.14. The molecular formula is C10H14N2O3. The van der Waals surface area contributed by atoms with Crippen LogP contribution in [0.5, 0.6) is 0 Å². The molecule has 1 aromatic rings. The second kappa shape index (κ2) is 4.16. The van der Waals surface area contributed by atoms with Crippen LogP contribution < -0.4 is 0 Å². The molecule has 0 amide bonds. The fourth-order valence-corrected chi connectivity index (χ4v) is 1.57. The maximum atomic E-state index is 11.4. The van der Waals surface area contributed by atoms with E-state index >= 15 is 0 Å². The molecule has 0 atom stereocenters. The van der Waals surface area contributed by atoms with Crippen molar-refractivity contribution in [1.29, 1.82) is 0 Å². The molecule has 5 nitrogen and oxygen atoms in total. The summed E-state index contributed by atoms with van der Waals surface area (Å²) in [5.41, 5.74) is 3.02. The fourth-order valence-electron chi connectivity index (χ4n) is 1.57. The lowest BCUT2D eigenvalue weighted by Crippen LogP contribution is -2.04. The van der Waals surface area contributed by atoms with Crippen LogP contribution in [0.25, 0.3) is 0 Å². The lowest BCUT2D eigenvalue weighted by atomic mass is 10.1. The van der Waals surface area contributed by atoms with E-state index in [0.717, 1.165) is 5.56 Å². The van der Waals surface area contributed by atoms with Crippen LogP contribution in [0.3, 0.4) is 0 Å². The van der Waals surface area contributed by atoms with Crippen LogP contribution in [0.15, 0.2) is 5.16 Å². The summed E-state index contributed by atoms with van der Waals surface area (Å²) >= 11 is 0. The maximum Gasteiger partial charge on any atom is 0.339 e. The molecule has 0 saturated carbocycles. The number of oxime groups is 1. The summed E-state index contributed by atoms with van der Waals surface area (Å²) in [6.45, 7) is 5.20. The van der Waals surface area contributed by atoms with Crippen molar-refractivity contribution in [2.45, 2.75) is 20.8 Å². The Morgan fingerprint density at radius 1 is 1.47 bits per heavy atom. The van der Waals surface area contributed by atoms with Crippen molar-refractivity contribution >= 4 is 11.7 Å². The maximum absolute atomic E-state index is 11.4. The minimum Gasteiger partial charge on any atom is -0.465 e. The van der Waals surface area contributed by atoms with Crippen molar-refractivity contribution in [3.63, 3.8) is 0 Å². The first-order valence-corrected chi connectivity index (χ1v) is 4.49. The Hall–Kier alpha value is -1.78. The first-order chi connectivity index (χ1) is 7.02. The minimum atomic E-state index is -0.391. The van der Waals surface area contributed by atoms with Gasteiger partial charge in [-0.25, -0.2) is 4.79 Å². The third kappa shape index (κ3) is 1.86. The van der Waals surface area contributed by atoms with Crippen molar-refractivity contribution in [3.8, 4) is 0 Å². The number of aromatic amines is 1. The number of H-pyrrole nitrogens is 1. The quantitative estimate of drug-likeness (QED) is 0.337. The first-order valence-electron chi connectivity index (χ1n) is 4.49. The zero-order chi connectivity index (χ0) is 11.6. The average molecular weight is 210 g/mol. The Balaban J connectivity index is 3.33. The highest BCUT2D eigenvalue weighted by molar-refractivity contribution is 6.02. The molecule has 0 radical (unpaired) electrons. The molecule has 0 aromatic carbocycles. The second-order valence-corrected chi connectivity index (χ2v) is 3.30. The monoisotopic (exact) mass is 210 g/mol. The first kappa shape index (κ1) is 11.3. The van der Waals surface area contributed by atoms with E-state index in [1.807, 2.05) is 0 Å². The summed E-state index contributed by atoms with van der Waals surface area (Å²) in [5.74, 6) is -0.391. The Bertz CT molecular complexity index is 419. The van der Waals surface area contributed by atoms with Gasteiger partial charge in [0.15, 0.2) is 0 Å². The van der Waals surface area contributed by atoms with E-state index in [2.05, 4.69) is 14.9 Å². The predicted molar refractivity (Wildman–Crippen MR) is 55.6 cm³/mol. The number of rotatable bonds is 2. The van der Waals surface area contributed by atoms with Gasteiger partial charge in [-0.3, -0.25) is 0 Å². The number of ether oxygens (including phenoxy) is 1. The molecular weight excluding hydrogens is 196 g/mol. The van der Waals surface area contributed by atoms with E-state index in [0.29, 0.717) is 22.7 Å². The van der Waals surface area contributed by atoms with E-state index in [-0.39, 0.29) is 0 Å². The third-order valence-corrected chi connectivity index (χ3v) is 2.34. The SMILES string of the molecule is COC(=O)c1c(C)[nH]c(/C(C)=N/O)c1C. The van der Waals surface area contributed by atoms with Crippen LogP contribution in [0.4, 0.5) is 0 Å². The number of hydrogen-bond acceptors (Lipinski definition) is 4. The molecule has 0 aliphatic rings. The van der Waals surface area contributed by atoms with Crippen LogP contribution in [0, 0.1) is 13.8 Å². The molecule has 0 aliphatic carbocycles. The summed E-state index contributed by atoms with van der Waals surface area (Å²) in [4.78, 5) is 14.4. The van der Waals surface area contributed by atoms with Gasteiger partial charge >= 0.3 is 5.97 Å². The van der Waals surface area contributed by atoms with Crippen LogP contribution >= 0.6 is 0 Å². The second-order valence-electron chi connectivity index (χ2n) is 3.30. The fraction of sp³-hybridized carbons (Fsp3) is 0.400. The zero-order valence-corrected chi connectivity index (χ0v) is 9.21. The van der Waals surface area contributed by atoms with Crippen molar-refractivity contribution in [1.82, 2.24) is 4.98 Å². The molecule has 0 saturated heterocycles.